The molecule has 2 rings (SSSR count). The van der Waals surface area contributed by atoms with E-state index in [9.17, 15) is 13.2 Å². The Morgan fingerprint density at radius 3 is 2.68 bits per heavy atom. The number of hydrogen-bond donors (Lipinski definition) is 3. The van der Waals surface area contributed by atoms with Gasteiger partial charge < -0.3 is 10.1 Å². The summed E-state index contributed by atoms with van der Waals surface area (Å²) in [6.45, 7) is 0.133. The monoisotopic (exact) mass is 281 g/mol. The summed E-state index contributed by atoms with van der Waals surface area (Å²) in [6, 6.07) is 4.09. The SMILES string of the molecule is O=C(O)c1ccc(S(=O)(=O)NCc2cc[nH]c2)nc1. The number of H-pyrrole nitrogens is 1. The number of rotatable bonds is 5. The van der Waals surface area contributed by atoms with E-state index in [1.54, 1.807) is 18.5 Å². The lowest BCUT2D eigenvalue weighted by Gasteiger charge is -2.05. The molecule has 0 fully saturated rings. The third kappa shape index (κ3) is 3.18. The van der Waals surface area contributed by atoms with Crippen molar-refractivity contribution >= 4 is 16.0 Å². The largest absolute Gasteiger partial charge is 0.478 e. The summed E-state index contributed by atoms with van der Waals surface area (Å²) >= 11 is 0. The molecule has 2 aromatic heterocycles. The first-order valence-electron chi connectivity index (χ1n) is 5.30. The highest BCUT2D eigenvalue weighted by Crippen LogP contribution is 2.07. The van der Waals surface area contributed by atoms with Crippen LogP contribution in [-0.2, 0) is 16.6 Å². The average Bonchev–Trinajstić information content (AvgIpc) is 2.90. The minimum absolute atomic E-state index is 0.0652. The smallest absolute Gasteiger partial charge is 0.337 e. The van der Waals surface area contributed by atoms with Crippen molar-refractivity contribution in [2.45, 2.75) is 11.6 Å². The maximum atomic E-state index is 11.9. The van der Waals surface area contributed by atoms with E-state index in [1.807, 2.05) is 0 Å². The molecule has 0 aliphatic carbocycles. The molecule has 100 valence electrons. The van der Waals surface area contributed by atoms with Gasteiger partial charge >= 0.3 is 5.97 Å². The molecule has 0 aliphatic heterocycles. The number of pyridine rings is 1. The van der Waals surface area contributed by atoms with Crippen LogP contribution < -0.4 is 4.72 Å². The van der Waals surface area contributed by atoms with Crippen molar-refractivity contribution in [1.29, 1.82) is 0 Å². The predicted octanol–water partition coefficient (Wildman–Crippen LogP) is 0.586. The number of sulfonamides is 1. The first-order chi connectivity index (χ1) is 8.99. The Hall–Kier alpha value is -2.19. The lowest BCUT2D eigenvalue weighted by molar-refractivity contribution is 0.0696. The van der Waals surface area contributed by atoms with E-state index < -0.39 is 16.0 Å². The summed E-state index contributed by atoms with van der Waals surface area (Å²) in [7, 11) is -3.75. The third-order valence-corrected chi connectivity index (χ3v) is 3.70. The highest BCUT2D eigenvalue weighted by Gasteiger charge is 2.16. The first-order valence-corrected chi connectivity index (χ1v) is 6.78. The molecule has 0 saturated heterocycles. The van der Waals surface area contributed by atoms with Crippen LogP contribution in [-0.4, -0.2) is 29.5 Å². The minimum atomic E-state index is -3.75. The molecule has 0 aliphatic rings. The zero-order valence-corrected chi connectivity index (χ0v) is 10.5. The fourth-order valence-electron chi connectivity index (χ4n) is 1.39. The van der Waals surface area contributed by atoms with Crippen LogP contribution in [0.5, 0.6) is 0 Å². The number of hydrogen-bond acceptors (Lipinski definition) is 4. The molecule has 0 saturated carbocycles. The zero-order valence-electron chi connectivity index (χ0n) is 9.70. The van der Waals surface area contributed by atoms with Gasteiger partial charge in [-0.15, -0.1) is 0 Å². The highest BCUT2D eigenvalue weighted by molar-refractivity contribution is 7.89. The van der Waals surface area contributed by atoms with E-state index in [0.717, 1.165) is 17.8 Å². The van der Waals surface area contributed by atoms with Crippen molar-refractivity contribution in [1.82, 2.24) is 14.7 Å². The molecular weight excluding hydrogens is 270 g/mol. The Balaban J connectivity index is 2.13. The number of aromatic carboxylic acids is 1. The average molecular weight is 281 g/mol. The van der Waals surface area contributed by atoms with Crippen molar-refractivity contribution in [2.24, 2.45) is 0 Å². The molecular formula is C11H11N3O4S. The lowest BCUT2D eigenvalue weighted by Crippen LogP contribution is -2.24. The van der Waals surface area contributed by atoms with Crippen LogP contribution >= 0.6 is 0 Å². The molecule has 8 heteroatoms. The van der Waals surface area contributed by atoms with Gasteiger partial charge in [0, 0.05) is 25.1 Å². The molecule has 19 heavy (non-hydrogen) atoms. The van der Waals surface area contributed by atoms with Crippen LogP contribution in [0.25, 0.3) is 0 Å². The lowest BCUT2D eigenvalue weighted by atomic mass is 10.3. The van der Waals surface area contributed by atoms with E-state index in [-0.39, 0.29) is 17.1 Å². The summed E-state index contributed by atoms with van der Waals surface area (Å²) in [4.78, 5) is 17.1. The van der Waals surface area contributed by atoms with Gasteiger partial charge in [0.05, 0.1) is 5.56 Å². The number of nitrogens with zero attached hydrogens (tertiary/aromatic N) is 1. The second kappa shape index (κ2) is 5.21. The first kappa shape index (κ1) is 13.2. The summed E-state index contributed by atoms with van der Waals surface area (Å²) in [6.07, 6.45) is 4.36. The highest BCUT2D eigenvalue weighted by atomic mass is 32.2. The van der Waals surface area contributed by atoms with Crippen LogP contribution in [0.1, 0.15) is 15.9 Å². The van der Waals surface area contributed by atoms with Gasteiger partial charge in [-0.25, -0.2) is 22.9 Å². The molecule has 0 bridgehead atoms. The maximum absolute atomic E-state index is 11.9. The third-order valence-electron chi connectivity index (χ3n) is 2.39. The van der Waals surface area contributed by atoms with Crippen molar-refractivity contribution < 1.29 is 18.3 Å². The Labute approximate surface area is 109 Å². The predicted molar refractivity (Wildman–Crippen MR) is 66.0 cm³/mol. The molecule has 0 amide bonds. The van der Waals surface area contributed by atoms with Gasteiger partial charge in [0.2, 0.25) is 0 Å². The van der Waals surface area contributed by atoms with Crippen LogP contribution in [0, 0.1) is 0 Å². The van der Waals surface area contributed by atoms with Gasteiger partial charge in [-0.05, 0) is 23.8 Å². The molecule has 7 nitrogen and oxygen atoms in total. The van der Waals surface area contributed by atoms with Crippen molar-refractivity contribution in [3.63, 3.8) is 0 Å². The number of aromatic nitrogens is 2. The Morgan fingerprint density at radius 2 is 2.16 bits per heavy atom. The number of nitrogens with one attached hydrogen (secondary N) is 2. The second-order valence-electron chi connectivity index (χ2n) is 3.73. The van der Waals surface area contributed by atoms with Crippen LogP contribution in [0.2, 0.25) is 0 Å². The zero-order chi connectivity index (χ0) is 13.9. The normalized spacial score (nSPS) is 11.4. The molecule has 2 aromatic rings. The molecule has 0 aromatic carbocycles. The fraction of sp³-hybridized carbons (Fsp3) is 0.0909. The van der Waals surface area contributed by atoms with Crippen LogP contribution in [0.3, 0.4) is 0 Å². The molecule has 0 unspecified atom stereocenters. The molecule has 0 atom stereocenters. The molecule has 0 radical (unpaired) electrons. The minimum Gasteiger partial charge on any atom is -0.478 e. The summed E-state index contributed by atoms with van der Waals surface area (Å²) in [5, 5.41) is 8.48. The van der Waals surface area contributed by atoms with Gasteiger partial charge in [0.15, 0.2) is 5.03 Å². The van der Waals surface area contributed by atoms with Crippen molar-refractivity contribution in [2.75, 3.05) is 0 Å². The summed E-state index contributed by atoms with van der Waals surface area (Å²) < 4.78 is 26.1. The summed E-state index contributed by atoms with van der Waals surface area (Å²) in [5.41, 5.74) is 0.718. The number of carboxylic acid groups (broad SMARTS) is 1. The van der Waals surface area contributed by atoms with Gasteiger partial charge in [-0.2, -0.15) is 0 Å². The fourth-order valence-corrected chi connectivity index (χ4v) is 2.33. The Morgan fingerprint density at radius 1 is 1.37 bits per heavy atom. The maximum Gasteiger partial charge on any atom is 0.337 e. The van der Waals surface area contributed by atoms with Crippen LogP contribution in [0.15, 0.2) is 41.8 Å². The topological polar surface area (TPSA) is 112 Å². The summed E-state index contributed by atoms with van der Waals surface area (Å²) in [5.74, 6) is -1.16. The number of carbonyl (C=O) groups is 1. The standard InChI is InChI=1S/C11H11N3O4S/c15-11(16)9-1-2-10(13-7-9)19(17,18)14-6-8-3-4-12-5-8/h1-5,7,12,14H,6H2,(H,15,16). The van der Waals surface area contributed by atoms with Gasteiger partial charge in [-0.3, -0.25) is 0 Å². The van der Waals surface area contributed by atoms with Gasteiger partial charge in [-0.1, -0.05) is 0 Å². The van der Waals surface area contributed by atoms with E-state index in [0.29, 0.717) is 0 Å². The van der Waals surface area contributed by atoms with Gasteiger partial charge in [0.25, 0.3) is 10.0 Å². The van der Waals surface area contributed by atoms with Crippen LogP contribution in [0.4, 0.5) is 0 Å². The quantitative estimate of drug-likeness (QED) is 0.742. The van der Waals surface area contributed by atoms with E-state index in [1.165, 1.54) is 6.07 Å². The second-order valence-corrected chi connectivity index (χ2v) is 5.45. The number of aromatic amines is 1. The Bertz CT molecular complexity index is 662. The van der Waals surface area contributed by atoms with E-state index >= 15 is 0 Å². The molecule has 3 N–H and O–H groups in total. The number of carboxylic acids is 1. The van der Waals surface area contributed by atoms with E-state index in [4.69, 9.17) is 5.11 Å². The Kier molecular flexibility index (Phi) is 3.63. The molecule has 2 heterocycles. The van der Waals surface area contributed by atoms with E-state index in [2.05, 4.69) is 14.7 Å². The van der Waals surface area contributed by atoms with Crippen molar-refractivity contribution in [3.8, 4) is 0 Å². The molecule has 0 spiro atoms. The van der Waals surface area contributed by atoms with Gasteiger partial charge in [0.1, 0.15) is 0 Å². The van der Waals surface area contributed by atoms with Crippen molar-refractivity contribution in [3.05, 3.63) is 47.9 Å².